The van der Waals surface area contributed by atoms with Crippen LogP contribution in [-0.2, 0) is 17.6 Å². The number of aromatic nitrogens is 2. The Bertz CT molecular complexity index is 521. The first kappa shape index (κ1) is 14.5. The molecule has 114 valence electrons. The van der Waals surface area contributed by atoms with Crippen LogP contribution in [0.2, 0.25) is 0 Å². The summed E-state index contributed by atoms with van der Waals surface area (Å²) in [6.07, 6.45) is 7.97. The molecule has 1 aromatic heterocycles. The van der Waals surface area contributed by atoms with E-state index in [-0.39, 0.29) is 5.92 Å². The maximum atomic E-state index is 12.7. The average Bonchev–Trinajstić information content (AvgIpc) is 2.71. The van der Waals surface area contributed by atoms with Gasteiger partial charge in [-0.15, -0.1) is 0 Å². The van der Waals surface area contributed by atoms with Crippen molar-refractivity contribution in [3.05, 3.63) is 23.3 Å². The first-order chi connectivity index (χ1) is 10.1. The fourth-order valence-electron chi connectivity index (χ4n) is 3.68. The maximum Gasteiger partial charge on any atom is 0.225 e. The number of aryl methyl sites for hydroxylation is 1. The minimum absolute atomic E-state index is 0.259. The first-order valence-electron chi connectivity index (χ1n) is 8.23. The van der Waals surface area contributed by atoms with Gasteiger partial charge in [0.15, 0.2) is 0 Å². The monoisotopic (exact) mass is 287 g/mol. The zero-order chi connectivity index (χ0) is 14.8. The Balaban J connectivity index is 1.66. The minimum Gasteiger partial charge on any atom is -0.342 e. The van der Waals surface area contributed by atoms with Crippen LogP contribution in [0, 0.1) is 18.8 Å². The molecule has 0 spiro atoms. The molecule has 0 aromatic carbocycles. The molecule has 21 heavy (non-hydrogen) atoms. The first-order valence-corrected chi connectivity index (χ1v) is 8.23. The second-order valence-corrected chi connectivity index (χ2v) is 6.67. The molecule has 1 fully saturated rings. The van der Waals surface area contributed by atoms with Crippen molar-refractivity contribution in [1.29, 1.82) is 0 Å². The molecule has 1 saturated carbocycles. The van der Waals surface area contributed by atoms with Crippen LogP contribution < -0.4 is 0 Å². The van der Waals surface area contributed by atoms with Gasteiger partial charge in [-0.2, -0.15) is 0 Å². The van der Waals surface area contributed by atoms with E-state index in [9.17, 15) is 4.79 Å². The van der Waals surface area contributed by atoms with E-state index >= 15 is 0 Å². The summed E-state index contributed by atoms with van der Waals surface area (Å²) in [4.78, 5) is 23.5. The average molecular weight is 287 g/mol. The lowest BCUT2D eigenvalue weighted by molar-refractivity contribution is -0.136. The molecule has 0 unspecified atom stereocenters. The van der Waals surface area contributed by atoms with Gasteiger partial charge in [-0.1, -0.05) is 6.92 Å². The van der Waals surface area contributed by atoms with E-state index in [0.29, 0.717) is 5.91 Å². The van der Waals surface area contributed by atoms with Crippen LogP contribution in [0.3, 0.4) is 0 Å². The lowest BCUT2D eigenvalue weighted by Crippen LogP contribution is -2.39. The summed E-state index contributed by atoms with van der Waals surface area (Å²) in [5.41, 5.74) is 3.46. The quantitative estimate of drug-likeness (QED) is 0.797. The Labute approximate surface area is 127 Å². The van der Waals surface area contributed by atoms with Gasteiger partial charge in [-0.25, -0.2) is 9.97 Å². The predicted molar refractivity (Wildman–Crippen MR) is 81.9 cm³/mol. The Morgan fingerprint density at radius 1 is 1.14 bits per heavy atom. The number of nitrogens with zero attached hydrogens (tertiary/aromatic N) is 3. The molecular weight excluding hydrogens is 262 g/mol. The predicted octanol–water partition coefficient (Wildman–Crippen LogP) is 2.54. The summed E-state index contributed by atoms with van der Waals surface area (Å²) in [6, 6.07) is 0. The molecule has 0 bridgehead atoms. The van der Waals surface area contributed by atoms with Crippen molar-refractivity contribution in [3.63, 3.8) is 0 Å². The molecule has 1 aliphatic heterocycles. The molecule has 0 radical (unpaired) electrons. The molecule has 1 aromatic rings. The van der Waals surface area contributed by atoms with E-state index in [2.05, 4.69) is 21.8 Å². The van der Waals surface area contributed by atoms with Crippen LogP contribution in [-0.4, -0.2) is 33.9 Å². The summed E-state index contributed by atoms with van der Waals surface area (Å²) in [5, 5.41) is 0. The number of rotatable bonds is 1. The molecule has 4 heteroatoms. The number of carbonyl (C=O) groups is 1. The molecule has 2 aliphatic rings. The third kappa shape index (κ3) is 3.09. The number of carbonyl (C=O) groups excluding carboxylic acids is 1. The molecule has 0 saturated heterocycles. The molecule has 3 rings (SSSR count). The van der Waals surface area contributed by atoms with Crippen molar-refractivity contribution in [2.75, 3.05) is 13.1 Å². The summed E-state index contributed by atoms with van der Waals surface area (Å²) >= 11 is 0. The van der Waals surface area contributed by atoms with E-state index in [1.807, 2.05) is 6.92 Å². The van der Waals surface area contributed by atoms with Gasteiger partial charge in [0, 0.05) is 36.8 Å². The Morgan fingerprint density at radius 3 is 2.62 bits per heavy atom. The smallest absolute Gasteiger partial charge is 0.225 e. The molecule has 4 nitrogen and oxygen atoms in total. The van der Waals surface area contributed by atoms with E-state index in [4.69, 9.17) is 0 Å². The van der Waals surface area contributed by atoms with Gasteiger partial charge < -0.3 is 4.90 Å². The van der Waals surface area contributed by atoms with E-state index in [0.717, 1.165) is 56.1 Å². The van der Waals surface area contributed by atoms with Crippen LogP contribution >= 0.6 is 0 Å². The van der Waals surface area contributed by atoms with Crippen LogP contribution in [0.25, 0.3) is 0 Å². The third-order valence-corrected chi connectivity index (χ3v) is 5.18. The van der Waals surface area contributed by atoms with Gasteiger partial charge in [-0.05, 0) is 50.5 Å². The van der Waals surface area contributed by atoms with Crippen molar-refractivity contribution in [2.24, 2.45) is 11.8 Å². The topological polar surface area (TPSA) is 46.1 Å². The molecule has 1 amide bonds. The highest BCUT2D eigenvalue weighted by Gasteiger charge is 2.29. The van der Waals surface area contributed by atoms with Gasteiger partial charge in [0.25, 0.3) is 0 Å². The van der Waals surface area contributed by atoms with Crippen molar-refractivity contribution >= 4 is 5.91 Å². The lowest BCUT2D eigenvalue weighted by atomic mass is 9.82. The molecule has 2 heterocycles. The molecule has 0 N–H and O–H groups in total. The van der Waals surface area contributed by atoms with E-state index in [1.54, 1.807) is 6.33 Å². The largest absolute Gasteiger partial charge is 0.342 e. The van der Waals surface area contributed by atoms with Crippen LogP contribution in [0.15, 0.2) is 6.33 Å². The van der Waals surface area contributed by atoms with Crippen molar-refractivity contribution < 1.29 is 4.79 Å². The zero-order valence-electron chi connectivity index (χ0n) is 13.1. The highest BCUT2D eigenvalue weighted by Crippen LogP contribution is 2.30. The van der Waals surface area contributed by atoms with Gasteiger partial charge in [0.1, 0.15) is 6.33 Å². The Hall–Kier alpha value is -1.45. The lowest BCUT2D eigenvalue weighted by Gasteiger charge is -2.30. The summed E-state index contributed by atoms with van der Waals surface area (Å²) in [7, 11) is 0. The van der Waals surface area contributed by atoms with Crippen molar-refractivity contribution in [3.8, 4) is 0 Å². The van der Waals surface area contributed by atoms with Crippen LogP contribution in [0.4, 0.5) is 0 Å². The summed E-state index contributed by atoms with van der Waals surface area (Å²) < 4.78 is 0. The van der Waals surface area contributed by atoms with Gasteiger partial charge >= 0.3 is 0 Å². The standard InChI is InChI=1S/C17H25N3O/c1-12-3-5-14(6-4-12)17(21)20-9-7-15-13(2)18-11-19-16(15)8-10-20/h11-12,14H,3-10H2,1-2H3. The second-order valence-electron chi connectivity index (χ2n) is 6.67. The second kappa shape index (κ2) is 6.12. The summed E-state index contributed by atoms with van der Waals surface area (Å²) in [6.45, 7) is 5.98. The van der Waals surface area contributed by atoms with Crippen molar-refractivity contribution in [2.45, 2.75) is 52.4 Å². The number of hydrogen-bond acceptors (Lipinski definition) is 3. The number of amides is 1. The minimum atomic E-state index is 0.259. The van der Waals surface area contributed by atoms with Crippen molar-refractivity contribution in [1.82, 2.24) is 14.9 Å². The molecular formula is C17H25N3O. The fourth-order valence-corrected chi connectivity index (χ4v) is 3.68. The van der Waals surface area contributed by atoms with Crippen LogP contribution in [0.5, 0.6) is 0 Å². The van der Waals surface area contributed by atoms with Gasteiger partial charge in [0.05, 0.1) is 0 Å². The zero-order valence-corrected chi connectivity index (χ0v) is 13.1. The highest BCUT2D eigenvalue weighted by atomic mass is 16.2. The Morgan fingerprint density at radius 2 is 1.86 bits per heavy atom. The van der Waals surface area contributed by atoms with Crippen LogP contribution in [0.1, 0.15) is 49.6 Å². The normalized spacial score (nSPS) is 26.1. The van der Waals surface area contributed by atoms with Gasteiger partial charge in [-0.3, -0.25) is 4.79 Å². The number of hydrogen-bond donors (Lipinski definition) is 0. The highest BCUT2D eigenvalue weighted by molar-refractivity contribution is 5.79. The maximum absolute atomic E-state index is 12.7. The SMILES string of the molecule is Cc1ncnc2c1CCN(C(=O)C1CCC(C)CC1)CC2. The number of fused-ring (bicyclic) bond motifs is 1. The molecule has 0 atom stereocenters. The van der Waals surface area contributed by atoms with E-state index < -0.39 is 0 Å². The van der Waals surface area contributed by atoms with E-state index in [1.165, 1.54) is 18.4 Å². The fraction of sp³-hybridized carbons (Fsp3) is 0.706. The third-order valence-electron chi connectivity index (χ3n) is 5.18. The summed E-state index contributed by atoms with van der Waals surface area (Å²) in [5.74, 6) is 1.43. The van der Waals surface area contributed by atoms with Gasteiger partial charge in [0.2, 0.25) is 5.91 Å². The Kier molecular flexibility index (Phi) is 4.22. The molecule has 1 aliphatic carbocycles.